The average molecular weight is 585 g/mol. The number of carbonyl (C=O) groups is 2. The molecule has 2 amide bonds. The Labute approximate surface area is 244 Å². The van der Waals surface area contributed by atoms with E-state index in [1.165, 1.54) is 36.4 Å². The third kappa shape index (κ3) is 5.02. The molecule has 5 aromatic rings. The van der Waals surface area contributed by atoms with Gasteiger partial charge >= 0.3 is 0 Å². The third-order valence-corrected chi connectivity index (χ3v) is 7.68. The summed E-state index contributed by atoms with van der Waals surface area (Å²) in [6.45, 7) is 1.36. The van der Waals surface area contributed by atoms with Crippen molar-refractivity contribution in [1.29, 1.82) is 0 Å². The molecule has 1 fully saturated rings. The molecule has 0 aliphatic carbocycles. The van der Waals surface area contributed by atoms with Gasteiger partial charge in [-0.3, -0.25) is 14.5 Å². The number of phenols is 1. The van der Waals surface area contributed by atoms with Crippen LogP contribution in [0.15, 0.2) is 77.7 Å². The summed E-state index contributed by atoms with van der Waals surface area (Å²) in [5.74, 6) is -0.846. The predicted molar refractivity (Wildman–Crippen MR) is 153 cm³/mol. The standard InChI is InChI=1S/C29H28N8O6/c1-28(27(40)36(12-13-42-28)24-9-11-37(34-24)19-8-10-32-33-16-19)29(41,17-31-26(39)20-4-2-3-5-22(20)38)15-18-6-7-21-23(14-18)43-35-25(21)30/h2-11,14,16,38,41H,12-13,15,17H2,1H3,(H2,30,35)(H,31,39)/t28-,29?/m0/s1. The highest BCUT2D eigenvalue weighted by molar-refractivity contribution is 6.01. The van der Waals surface area contributed by atoms with Gasteiger partial charge in [0.1, 0.15) is 11.4 Å². The number of rotatable bonds is 8. The van der Waals surface area contributed by atoms with Crippen LogP contribution in [-0.4, -0.2) is 78.1 Å². The zero-order valence-corrected chi connectivity index (χ0v) is 23.0. The lowest BCUT2D eigenvalue weighted by atomic mass is 9.77. The van der Waals surface area contributed by atoms with Crippen molar-refractivity contribution in [2.45, 2.75) is 24.5 Å². The maximum absolute atomic E-state index is 14.2. The van der Waals surface area contributed by atoms with Crippen molar-refractivity contribution < 1.29 is 29.1 Å². The van der Waals surface area contributed by atoms with Gasteiger partial charge in [-0.2, -0.15) is 10.2 Å². The largest absolute Gasteiger partial charge is 0.507 e. The molecule has 43 heavy (non-hydrogen) atoms. The Hall–Kier alpha value is -5.34. The van der Waals surface area contributed by atoms with Crippen molar-refractivity contribution in [3.05, 3.63) is 84.3 Å². The van der Waals surface area contributed by atoms with Crippen LogP contribution in [0, 0.1) is 0 Å². The van der Waals surface area contributed by atoms with Gasteiger partial charge in [-0.25, -0.2) is 4.68 Å². The van der Waals surface area contributed by atoms with Crippen LogP contribution in [0.2, 0.25) is 0 Å². The fourth-order valence-corrected chi connectivity index (χ4v) is 5.17. The van der Waals surface area contributed by atoms with Crippen LogP contribution < -0.4 is 16.0 Å². The number of amides is 2. The number of nitrogens with one attached hydrogen (secondary N) is 1. The molecule has 0 spiro atoms. The first-order valence-corrected chi connectivity index (χ1v) is 13.4. The minimum Gasteiger partial charge on any atom is -0.507 e. The van der Waals surface area contributed by atoms with Crippen molar-refractivity contribution >= 4 is 34.4 Å². The molecule has 6 rings (SSSR count). The molecule has 4 heterocycles. The second kappa shape index (κ2) is 10.8. The lowest BCUT2D eigenvalue weighted by molar-refractivity contribution is -0.191. The highest BCUT2D eigenvalue weighted by Crippen LogP contribution is 2.36. The van der Waals surface area contributed by atoms with Gasteiger partial charge < -0.3 is 30.5 Å². The van der Waals surface area contributed by atoms with Gasteiger partial charge in [0.2, 0.25) is 0 Å². The van der Waals surface area contributed by atoms with Crippen molar-refractivity contribution in [1.82, 2.24) is 30.5 Å². The molecule has 220 valence electrons. The molecule has 0 saturated carbocycles. The second-order valence-corrected chi connectivity index (χ2v) is 10.4. The van der Waals surface area contributed by atoms with E-state index in [0.29, 0.717) is 28.0 Å². The topological polar surface area (TPSA) is 195 Å². The summed E-state index contributed by atoms with van der Waals surface area (Å²) in [5.41, 5.74) is 3.68. The zero-order chi connectivity index (χ0) is 30.2. The zero-order valence-electron chi connectivity index (χ0n) is 23.0. The van der Waals surface area contributed by atoms with Crippen LogP contribution in [0.1, 0.15) is 22.8 Å². The summed E-state index contributed by atoms with van der Waals surface area (Å²) in [5, 5.41) is 41.8. The normalized spacial score (nSPS) is 18.5. The van der Waals surface area contributed by atoms with Crippen LogP contribution >= 0.6 is 0 Å². The van der Waals surface area contributed by atoms with Crippen molar-refractivity contribution in [3.8, 4) is 11.4 Å². The number of ether oxygens (including phenoxy) is 1. The molecule has 0 bridgehead atoms. The van der Waals surface area contributed by atoms with Crippen molar-refractivity contribution in [2.75, 3.05) is 30.3 Å². The Morgan fingerprint density at radius 1 is 1.19 bits per heavy atom. The minimum atomic E-state index is -1.99. The Bertz CT molecular complexity index is 1810. The number of fused-ring (bicyclic) bond motifs is 1. The van der Waals surface area contributed by atoms with Gasteiger partial charge in [-0.1, -0.05) is 23.4 Å². The summed E-state index contributed by atoms with van der Waals surface area (Å²) in [4.78, 5) is 28.7. The van der Waals surface area contributed by atoms with Crippen LogP contribution in [-0.2, 0) is 16.0 Å². The van der Waals surface area contributed by atoms with E-state index < -0.39 is 29.6 Å². The SMILES string of the molecule is C[C@]1(C(O)(CNC(=O)c2ccccc2O)Cc2ccc3c(N)noc3c2)OCCN(c2ccn(-c3ccnnc3)n2)C1=O. The van der Waals surface area contributed by atoms with E-state index in [0.717, 1.165) is 0 Å². The van der Waals surface area contributed by atoms with E-state index in [-0.39, 0.29) is 36.7 Å². The Kier molecular flexibility index (Phi) is 6.99. The molecule has 1 aliphatic rings. The number of carbonyl (C=O) groups excluding carboxylic acids is 2. The van der Waals surface area contributed by atoms with Gasteiger partial charge in [-0.15, -0.1) is 5.10 Å². The van der Waals surface area contributed by atoms with E-state index in [1.54, 1.807) is 53.3 Å². The molecular formula is C29H28N8O6. The number of hydrogen-bond donors (Lipinski definition) is 4. The number of anilines is 2. The maximum Gasteiger partial charge on any atom is 0.263 e. The highest BCUT2D eigenvalue weighted by atomic mass is 16.5. The van der Waals surface area contributed by atoms with Gasteiger partial charge in [0, 0.05) is 18.7 Å². The molecule has 1 unspecified atom stereocenters. The van der Waals surface area contributed by atoms with Gasteiger partial charge in [-0.05, 0) is 42.8 Å². The van der Waals surface area contributed by atoms with E-state index in [2.05, 4.69) is 25.8 Å². The molecular weight excluding hydrogens is 556 g/mol. The molecule has 14 heteroatoms. The molecule has 14 nitrogen and oxygen atoms in total. The predicted octanol–water partition coefficient (Wildman–Crippen LogP) is 1.62. The fraction of sp³-hybridized carbons (Fsp3) is 0.241. The van der Waals surface area contributed by atoms with E-state index in [4.69, 9.17) is 15.0 Å². The Morgan fingerprint density at radius 3 is 2.81 bits per heavy atom. The lowest BCUT2D eigenvalue weighted by Crippen LogP contribution is -2.70. The number of aliphatic hydroxyl groups is 1. The Morgan fingerprint density at radius 2 is 2.02 bits per heavy atom. The highest BCUT2D eigenvalue weighted by Gasteiger charge is 2.57. The van der Waals surface area contributed by atoms with E-state index in [9.17, 15) is 19.8 Å². The molecule has 2 aromatic carbocycles. The fourth-order valence-electron chi connectivity index (χ4n) is 5.17. The second-order valence-electron chi connectivity index (χ2n) is 10.4. The monoisotopic (exact) mass is 584 g/mol. The number of nitrogens with zero attached hydrogens (tertiary/aromatic N) is 6. The van der Waals surface area contributed by atoms with E-state index in [1.807, 2.05) is 0 Å². The van der Waals surface area contributed by atoms with Crippen LogP contribution in [0.3, 0.4) is 0 Å². The first-order chi connectivity index (χ1) is 20.7. The Balaban J connectivity index is 1.33. The molecule has 0 radical (unpaired) electrons. The van der Waals surface area contributed by atoms with Crippen molar-refractivity contribution in [2.24, 2.45) is 0 Å². The van der Waals surface area contributed by atoms with Crippen LogP contribution in [0.25, 0.3) is 16.7 Å². The number of phenolic OH excluding ortho intramolecular Hbond substituents is 1. The maximum atomic E-state index is 14.2. The van der Waals surface area contributed by atoms with Gasteiger partial charge in [0.05, 0.1) is 48.7 Å². The average Bonchev–Trinajstić information content (AvgIpc) is 3.65. The van der Waals surface area contributed by atoms with Gasteiger partial charge in [0.25, 0.3) is 11.8 Å². The molecule has 3 aromatic heterocycles. The molecule has 1 aliphatic heterocycles. The number of hydrogen-bond acceptors (Lipinski definition) is 11. The summed E-state index contributed by atoms with van der Waals surface area (Å²) >= 11 is 0. The molecule has 5 N–H and O–H groups in total. The summed E-state index contributed by atoms with van der Waals surface area (Å²) < 4.78 is 12.9. The number of nitrogen functional groups attached to an aromatic ring is 1. The first-order valence-electron chi connectivity index (χ1n) is 13.4. The van der Waals surface area contributed by atoms with Crippen LogP contribution in [0.4, 0.5) is 11.6 Å². The number of para-hydroxylation sites is 1. The summed E-state index contributed by atoms with van der Waals surface area (Å²) in [6.07, 6.45) is 4.62. The number of nitrogens with two attached hydrogens (primary N) is 1. The summed E-state index contributed by atoms with van der Waals surface area (Å²) in [6, 6.07) is 14.5. The molecule has 2 atom stereocenters. The molecule has 1 saturated heterocycles. The smallest absolute Gasteiger partial charge is 0.263 e. The summed E-state index contributed by atoms with van der Waals surface area (Å²) in [7, 11) is 0. The van der Waals surface area contributed by atoms with E-state index >= 15 is 0 Å². The minimum absolute atomic E-state index is 0.0159. The third-order valence-electron chi connectivity index (χ3n) is 7.68. The number of morpholine rings is 1. The lowest BCUT2D eigenvalue weighted by Gasteiger charge is -2.48. The first kappa shape index (κ1) is 27.8. The number of aromatic hydroxyl groups is 1. The number of aromatic nitrogens is 5. The number of benzene rings is 2. The van der Waals surface area contributed by atoms with Crippen LogP contribution in [0.5, 0.6) is 5.75 Å². The quantitative estimate of drug-likeness (QED) is 0.207. The van der Waals surface area contributed by atoms with Gasteiger partial charge in [0.15, 0.2) is 22.8 Å². The van der Waals surface area contributed by atoms with Crippen molar-refractivity contribution in [3.63, 3.8) is 0 Å².